The third-order valence-electron chi connectivity index (χ3n) is 5.61. The lowest BCUT2D eigenvalue weighted by Crippen LogP contribution is -2.42. The van der Waals surface area contributed by atoms with Crippen LogP contribution in [-0.2, 0) is 16.0 Å². The predicted octanol–water partition coefficient (Wildman–Crippen LogP) is 4.20. The molecule has 6 nitrogen and oxygen atoms in total. The highest BCUT2D eigenvalue weighted by Gasteiger charge is 2.40. The van der Waals surface area contributed by atoms with E-state index in [1.165, 1.54) is 4.90 Å². The molecule has 2 aliphatic heterocycles. The lowest BCUT2D eigenvalue weighted by atomic mass is 9.88. The quantitative estimate of drug-likeness (QED) is 0.686. The number of hydrogen-bond donors (Lipinski definition) is 0. The Kier molecular flexibility index (Phi) is 5.46. The average Bonchev–Trinajstić information content (AvgIpc) is 3.32. The van der Waals surface area contributed by atoms with Crippen LogP contribution in [-0.4, -0.2) is 41.1 Å². The van der Waals surface area contributed by atoms with E-state index in [0.717, 1.165) is 28.9 Å². The van der Waals surface area contributed by atoms with Crippen molar-refractivity contribution >= 4 is 23.6 Å². The monoisotopic (exact) mass is 414 g/mol. The highest BCUT2D eigenvalue weighted by molar-refractivity contribution is 6.30. The number of nitrogens with zero attached hydrogens (tertiary/aromatic N) is 2. The Hall–Kier alpha value is -2.60. The summed E-state index contributed by atoms with van der Waals surface area (Å²) in [6.45, 7) is 4.83. The van der Waals surface area contributed by atoms with Crippen LogP contribution in [0.25, 0.3) is 0 Å². The molecule has 1 aromatic carbocycles. The van der Waals surface area contributed by atoms with Crippen molar-refractivity contribution in [3.8, 4) is 5.75 Å². The number of halogens is 1. The minimum Gasteiger partial charge on any atom is -0.493 e. The number of rotatable bonds is 5. The molecule has 1 unspecified atom stereocenters. The number of fused-ring (bicyclic) bond motifs is 1. The van der Waals surface area contributed by atoms with Gasteiger partial charge >= 0.3 is 6.09 Å². The Labute approximate surface area is 174 Å². The van der Waals surface area contributed by atoms with E-state index in [2.05, 4.69) is 4.98 Å². The van der Waals surface area contributed by atoms with Gasteiger partial charge in [-0.15, -0.1) is 0 Å². The molecule has 2 aromatic rings. The fraction of sp³-hybridized carbons (Fsp3) is 0.409. The first kappa shape index (κ1) is 19.7. The molecule has 29 heavy (non-hydrogen) atoms. The topological polar surface area (TPSA) is 68.7 Å². The van der Waals surface area contributed by atoms with E-state index >= 15 is 0 Å². The third-order valence-corrected chi connectivity index (χ3v) is 5.92. The van der Waals surface area contributed by atoms with E-state index in [0.29, 0.717) is 11.8 Å². The lowest BCUT2D eigenvalue weighted by molar-refractivity contribution is -0.130. The maximum absolute atomic E-state index is 13.2. The smallest absolute Gasteiger partial charge is 0.416 e. The standard InChI is InChI=1S/C22H23ClN2O4/c1-13(2)18-12-29-22(27)25(18)20(26)11-17(16-4-3-8-24-21(16)23)15-6-5-14-7-9-28-19(14)10-15/h3-6,8,10,13,17-18H,7,9,11-12H2,1-2H3/t17?,18-/m1/s1. The van der Waals surface area contributed by atoms with Gasteiger partial charge in [0.05, 0.1) is 12.6 Å². The fourth-order valence-corrected chi connectivity index (χ4v) is 4.20. The van der Waals surface area contributed by atoms with Crippen LogP contribution >= 0.6 is 11.6 Å². The molecule has 0 aliphatic carbocycles. The van der Waals surface area contributed by atoms with Crippen molar-refractivity contribution in [3.63, 3.8) is 0 Å². The van der Waals surface area contributed by atoms with Crippen LogP contribution in [0.15, 0.2) is 36.5 Å². The van der Waals surface area contributed by atoms with Crippen molar-refractivity contribution in [2.45, 2.75) is 38.6 Å². The van der Waals surface area contributed by atoms with E-state index < -0.39 is 6.09 Å². The molecule has 2 atom stereocenters. The molecule has 0 saturated carbocycles. The molecular formula is C22H23ClN2O4. The minimum absolute atomic E-state index is 0.0858. The summed E-state index contributed by atoms with van der Waals surface area (Å²) in [5.74, 6) is 0.316. The lowest BCUT2D eigenvalue weighted by Gasteiger charge is -2.25. The van der Waals surface area contributed by atoms with Crippen LogP contribution in [0, 0.1) is 5.92 Å². The van der Waals surface area contributed by atoms with Crippen LogP contribution < -0.4 is 4.74 Å². The number of imide groups is 1. The summed E-state index contributed by atoms with van der Waals surface area (Å²) < 4.78 is 10.9. The number of benzene rings is 1. The Morgan fingerprint density at radius 1 is 1.31 bits per heavy atom. The first-order chi connectivity index (χ1) is 14.0. The largest absolute Gasteiger partial charge is 0.493 e. The zero-order chi connectivity index (χ0) is 20.5. The Morgan fingerprint density at radius 2 is 2.14 bits per heavy atom. The molecule has 7 heteroatoms. The zero-order valence-corrected chi connectivity index (χ0v) is 17.2. The molecular weight excluding hydrogens is 392 g/mol. The molecule has 0 bridgehead atoms. The molecule has 0 radical (unpaired) electrons. The summed E-state index contributed by atoms with van der Waals surface area (Å²) in [6.07, 6.45) is 2.00. The molecule has 2 amide bonds. The molecule has 3 heterocycles. The van der Waals surface area contributed by atoms with Crippen LogP contribution in [0.2, 0.25) is 5.15 Å². The van der Waals surface area contributed by atoms with Crippen molar-refractivity contribution in [3.05, 3.63) is 58.4 Å². The number of pyridine rings is 1. The van der Waals surface area contributed by atoms with Crippen molar-refractivity contribution in [2.75, 3.05) is 13.2 Å². The van der Waals surface area contributed by atoms with Gasteiger partial charge in [0, 0.05) is 25.0 Å². The maximum Gasteiger partial charge on any atom is 0.416 e. The van der Waals surface area contributed by atoms with E-state index in [-0.39, 0.29) is 36.8 Å². The number of carbonyl (C=O) groups is 2. The minimum atomic E-state index is -0.581. The Morgan fingerprint density at radius 3 is 2.90 bits per heavy atom. The highest BCUT2D eigenvalue weighted by Crippen LogP contribution is 2.37. The molecule has 1 aromatic heterocycles. The maximum atomic E-state index is 13.2. The summed E-state index contributed by atoms with van der Waals surface area (Å²) in [6, 6.07) is 9.39. The first-order valence-electron chi connectivity index (χ1n) is 9.80. The molecule has 1 saturated heterocycles. The third kappa shape index (κ3) is 3.81. The van der Waals surface area contributed by atoms with E-state index in [1.807, 2.05) is 38.1 Å². The van der Waals surface area contributed by atoms with Crippen molar-refractivity contribution in [2.24, 2.45) is 5.92 Å². The van der Waals surface area contributed by atoms with Gasteiger partial charge in [-0.05, 0) is 34.7 Å². The van der Waals surface area contributed by atoms with E-state index in [9.17, 15) is 9.59 Å². The second-order valence-corrected chi connectivity index (χ2v) is 8.12. The first-order valence-corrected chi connectivity index (χ1v) is 10.2. The highest BCUT2D eigenvalue weighted by atomic mass is 35.5. The van der Waals surface area contributed by atoms with Crippen molar-refractivity contribution < 1.29 is 19.1 Å². The summed E-state index contributed by atoms with van der Waals surface area (Å²) in [5, 5.41) is 0.344. The van der Waals surface area contributed by atoms with E-state index in [4.69, 9.17) is 21.1 Å². The van der Waals surface area contributed by atoms with Gasteiger partial charge in [-0.3, -0.25) is 4.79 Å². The second-order valence-electron chi connectivity index (χ2n) is 7.76. The van der Waals surface area contributed by atoms with Gasteiger partial charge < -0.3 is 9.47 Å². The van der Waals surface area contributed by atoms with Crippen LogP contribution in [0.3, 0.4) is 0 Å². The van der Waals surface area contributed by atoms with E-state index in [1.54, 1.807) is 12.3 Å². The SMILES string of the molecule is CC(C)[C@H]1COC(=O)N1C(=O)CC(c1ccc2c(c1)OCC2)c1cccnc1Cl. The summed E-state index contributed by atoms with van der Waals surface area (Å²) >= 11 is 6.38. The normalized spacial score (nSPS) is 19.1. The van der Waals surface area contributed by atoms with Crippen molar-refractivity contribution in [1.29, 1.82) is 0 Å². The van der Waals surface area contributed by atoms with Crippen LogP contribution in [0.1, 0.15) is 42.9 Å². The summed E-state index contributed by atoms with van der Waals surface area (Å²) in [4.78, 5) is 30.9. The van der Waals surface area contributed by atoms with Crippen molar-refractivity contribution in [1.82, 2.24) is 9.88 Å². The van der Waals surface area contributed by atoms with Gasteiger partial charge in [0.15, 0.2) is 0 Å². The molecule has 0 spiro atoms. The second kappa shape index (κ2) is 8.03. The molecule has 4 rings (SSSR count). The molecule has 0 N–H and O–H groups in total. The summed E-state index contributed by atoms with van der Waals surface area (Å²) in [7, 11) is 0. The van der Waals surface area contributed by atoms with Gasteiger partial charge in [0.2, 0.25) is 5.91 Å². The number of aromatic nitrogens is 1. The fourth-order valence-electron chi connectivity index (χ4n) is 3.95. The van der Waals surface area contributed by atoms with Gasteiger partial charge in [0.1, 0.15) is 17.5 Å². The molecule has 152 valence electrons. The number of cyclic esters (lactones) is 1. The van der Waals surface area contributed by atoms with Crippen LogP contribution in [0.5, 0.6) is 5.75 Å². The van der Waals surface area contributed by atoms with Gasteiger partial charge in [-0.25, -0.2) is 14.7 Å². The van der Waals surface area contributed by atoms with Crippen LogP contribution in [0.4, 0.5) is 4.79 Å². The Bertz CT molecular complexity index is 946. The zero-order valence-electron chi connectivity index (χ0n) is 16.4. The van der Waals surface area contributed by atoms with Gasteiger partial charge in [-0.2, -0.15) is 0 Å². The van der Waals surface area contributed by atoms with Gasteiger partial charge in [0.25, 0.3) is 0 Å². The average molecular weight is 415 g/mol. The molecule has 1 fully saturated rings. The predicted molar refractivity (Wildman–Crippen MR) is 108 cm³/mol. The number of carbonyl (C=O) groups excluding carboxylic acids is 2. The summed E-state index contributed by atoms with van der Waals surface area (Å²) in [5.41, 5.74) is 2.80. The number of ether oxygens (including phenoxy) is 2. The molecule has 2 aliphatic rings. The Balaban J connectivity index is 1.69. The number of amides is 2. The van der Waals surface area contributed by atoms with Gasteiger partial charge in [-0.1, -0.05) is 43.6 Å². The number of hydrogen-bond acceptors (Lipinski definition) is 5.